The zero-order valence-electron chi connectivity index (χ0n) is 15.5. The smallest absolute Gasteiger partial charge is 0.234 e. The third-order valence-corrected chi connectivity index (χ3v) is 5.90. The van der Waals surface area contributed by atoms with E-state index in [2.05, 4.69) is 33.7 Å². The molecule has 7 heteroatoms. The van der Waals surface area contributed by atoms with Crippen LogP contribution in [0, 0.1) is 5.92 Å². The van der Waals surface area contributed by atoms with Crippen molar-refractivity contribution in [1.29, 1.82) is 0 Å². The quantitative estimate of drug-likeness (QED) is 0.747. The van der Waals surface area contributed by atoms with Crippen LogP contribution >= 0.6 is 24.8 Å². The maximum atomic E-state index is 12.2. The van der Waals surface area contributed by atoms with Crippen molar-refractivity contribution in [1.82, 2.24) is 10.6 Å². The van der Waals surface area contributed by atoms with E-state index >= 15 is 0 Å². The molecule has 3 aliphatic rings. The van der Waals surface area contributed by atoms with E-state index in [1.54, 1.807) is 0 Å². The van der Waals surface area contributed by atoms with Gasteiger partial charge in [-0.05, 0) is 68.3 Å². The Morgan fingerprint density at radius 3 is 2.56 bits per heavy atom. The van der Waals surface area contributed by atoms with E-state index in [4.69, 9.17) is 0 Å². The number of imide groups is 1. The molecule has 1 unspecified atom stereocenters. The zero-order chi connectivity index (χ0) is 17.2. The molecule has 0 aliphatic carbocycles. The van der Waals surface area contributed by atoms with Gasteiger partial charge < -0.3 is 10.2 Å². The Morgan fingerprint density at radius 1 is 1.04 bits per heavy atom. The number of benzene rings is 1. The summed E-state index contributed by atoms with van der Waals surface area (Å²) in [4.78, 5) is 26.1. The zero-order valence-corrected chi connectivity index (χ0v) is 17.2. The number of carbonyl (C=O) groups is 2. The molecule has 1 aromatic carbocycles. The molecule has 0 radical (unpaired) electrons. The number of fused-ring (bicyclic) bond motifs is 1. The van der Waals surface area contributed by atoms with Gasteiger partial charge >= 0.3 is 0 Å². The Bertz CT molecular complexity index is 677. The fourth-order valence-corrected chi connectivity index (χ4v) is 4.49. The van der Waals surface area contributed by atoms with E-state index in [1.165, 1.54) is 30.5 Å². The first-order valence-corrected chi connectivity index (χ1v) is 9.63. The standard InChI is InChI=1S/C20H27N3O2.2ClH/c24-19-6-4-17(20(25)22-19)15-3-5-18-16(12-15)2-1-11-23(18)13-14-7-9-21-10-8-14;;/h3,5,12,14,17,21H,1-2,4,6-11,13H2,(H,22,24,25);2*1H. The highest BCUT2D eigenvalue weighted by Crippen LogP contribution is 2.33. The van der Waals surface area contributed by atoms with Crippen LogP contribution in [0.25, 0.3) is 0 Å². The van der Waals surface area contributed by atoms with E-state index in [-0.39, 0.29) is 42.5 Å². The van der Waals surface area contributed by atoms with E-state index in [9.17, 15) is 9.59 Å². The summed E-state index contributed by atoms with van der Waals surface area (Å²) in [6.07, 6.45) is 5.86. The largest absolute Gasteiger partial charge is 0.371 e. The minimum Gasteiger partial charge on any atom is -0.371 e. The molecule has 2 fully saturated rings. The summed E-state index contributed by atoms with van der Waals surface area (Å²) < 4.78 is 0. The van der Waals surface area contributed by atoms with Crippen LogP contribution in [0.1, 0.15) is 49.1 Å². The summed E-state index contributed by atoms with van der Waals surface area (Å²) in [7, 11) is 0. The SMILES string of the molecule is Cl.Cl.O=C1CCC(c2ccc3c(c2)CCCN3CC2CCNCC2)C(=O)N1. The lowest BCUT2D eigenvalue weighted by molar-refractivity contribution is -0.134. The Balaban J connectivity index is 0.00000131. The Morgan fingerprint density at radius 2 is 1.81 bits per heavy atom. The minimum atomic E-state index is -0.178. The topological polar surface area (TPSA) is 61.4 Å². The van der Waals surface area contributed by atoms with Gasteiger partial charge in [0.1, 0.15) is 0 Å². The highest BCUT2D eigenvalue weighted by Gasteiger charge is 2.29. The van der Waals surface area contributed by atoms with Gasteiger partial charge in [-0.15, -0.1) is 24.8 Å². The molecule has 1 aromatic rings. The summed E-state index contributed by atoms with van der Waals surface area (Å²) in [5.41, 5.74) is 3.77. The lowest BCUT2D eigenvalue weighted by Crippen LogP contribution is -2.40. The monoisotopic (exact) mass is 413 g/mol. The molecule has 0 saturated carbocycles. The number of anilines is 1. The minimum absolute atomic E-state index is 0. The van der Waals surface area contributed by atoms with Crippen LogP contribution in [-0.4, -0.2) is 38.0 Å². The summed E-state index contributed by atoms with van der Waals surface area (Å²) in [6, 6.07) is 6.51. The average molecular weight is 414 g/mol. The molecule has 3 heterocycles. The third-order valence-electron chi connectivity index (χ3n) is 5.90. The van der Waals surface area contributed by atoms with Crippen molar-refractivity contribution in [2.24, 2.45) is 5.92 Å². The number of rotatable bonds is 3. The van der Waals surface area contributed by atoms with Crippen LogP contribution in [0.15, 0.2) is 18.2 Å². The second-order valence-corrected chi connectivity index (χ2v) is 7.63. The number of nitrogens with one attached hydrogen (secondary N) is 2. The predicted octanol–water partition coefficient (Wildman–Crippen LogP) is 2.80. The summed E-state index contributed by atoms with van der Waals surface area (Å²) in [5.74, 6) is 0.315. The Hall–Kier alpha value is -1.30. The van der Waals surface area contributed by atoms with Crippen molar-refractivity contribution in [2.75, 3.05) is 31.1 Å². The molecular weight excluding hydrogens is 385 g/mol. The molecule has 2 amide bonds. The lowest BCUT2D eigenvalue weighted by Gasteiger charge is -2.36. The number of hydrogen-bond acceptors (Lipinski definition) is 4. The van der Waals surface area contributed by atoms with Crippen LogP contribution in [0.2, 0.25) is 0 Å². The van der Waals surface area contributed by atoms with Crippen molar-refractivity contribution in [3.05, 3.63) is 29.3 Å². The number of nitrogens with zero attached hydrogens (tertiary/aromatic N) is 1. The van der Waals surface area contributed by atoms with Crippen molar-refractivity contribution in [3.63, 3.8) is 0 Å². The maximum absolute atomic E-state index is 12.2. The number of aryl methyl sites for hydroxylation is 1. The molecule has 1 atom stereocenters. The maximum Gasteiger partial charge on any atom is 0.234 e. The Kier molecular flexibility index (Phi) is 7.95. The van der Waals surface area contributed by atoms with Gasteiger partial charge in [0.05, 0.1) is 5.92 Å². The van der Waals surface area contributed by atoms with Crippen LogP contribution < -0.4 is 15.5 Å². The molecule has 27 heavy (non-hydrogen) atoms. The highest BCUT2D eigenvalue weighted by molar-refractivity contribution is 6.01. The molecule has 0 bridgehead atoms. The summed E-state index contributed by atoms with van der Waals surface area (Å²) in [5, 5.41) is 5.92. The first-order chi connectivity index (χ1) is 12.2. The molecule has 2 saturated heterocycles. The molecule has 4 rings (SSSR count). The highest BCUT2D eigenvalue weighted by atomic mass is 35.5. The average Bonchev–Trinajstić information content (AvgIpc) is 2.62. The van der Waals surface area contributed by atoms with Gasteiger partial charge in [0.15, 0.2) is 0 Å². The van der Waals surface area contributed by atoms with E-state index < -0.39 is 0 Å². The first kappa shape index (κ1) is 22.0. The Labute approximate surface area is 173 Å². The molecule has 3 aliphatic heterocycles. The van der Waals surface area contributed by atoms with Crippen LogP contribution in [0.5, 0.6) is 0 Å². The van der Waals surface area contributed by atoms with Gasteiger partial charge in [-0.2, -0.15) is 0 Å². The fourth-order valence-electron chi connectivity index (χ4n) is 4.49. The first-order valence-electron chi connectivity index (χ1n) is 9.63. The molecule has 5 nitrogen and oxygen atoms in total. The number of amides is 2. The molecule has 0 spiro atoms. The molecule has 0 aromatic heterocycles. The normalized spacial score (nSPS) is 23.0. The van der Waals surface area contributed by atoms with Crippen molar-refractivity contribution < 1.29 is 9.59 Å². The summed E-state index contributed by atoms with van der Waals surface area (Å²) >= 11 is 0. The molecule has 150 valence electrons. The van der Waals surface area contributed by atoms with Gasteiger partial charge in [-0.3, -0.25) is 14.9 Å². The predicted molar refractivity (Wildman–Crippen MR) is 112 cm³/mol. The van der Waals surface area contributed by atoms with Crippen LogP contribution in [-0.2, 0) is 16.0 Å². The van der Waals surface area contributed by atoms with Crippen molar-refractivity contribution in [2.45, 2.75) is 44.4 Å². The number of carbonyl (C=O) groups excluding carboxylic acids is 2. The van der Waals surface area contributed by atoms with Gasteiger partial charge in [-0.25, -0.2) is 0 Å². The fraction of sp³-hybridized carbons (Fsp3) is 0.600. The second kappa shape index (κ2) is 9.76. The molecular formula is C20H29Cl2N3O2. The van der Waals surface area contributed by atoms with Gasteiger partial charge in [0.25, 0.3) is 0 Å². The lowest BCUT2D eigenvalue weighted by atomic mass is 9.87. The van der Waals surface area contributed by atoms with E-state index in [1.807, 2.05) is 0 Å². The van der Waals surface area contributed by atoms with E-state index in [0.29, 0.717) is 12.8 Å². The molecule has 2 N–H and O–H groups in total. The van der Waals surface area contributed by atoms with Crippen molar-refractivity contribution in [3.8, 4) is 0 Å². The van der Waals surface area contributed by atoms with Gasteiger partial charge in [0.2, 0.25) is 11.8 Å². The van der Waals surface area contributed by atoms with E-state index in [0.717, 1.165) is 44.1 Å². The third kappa shape index (κ3) is 4.95. The summed E-state index contributed by atoms with van der Waals surface area (Å²) in [6.45, 7) is 4.56. The number of piperidine rings is 2. The van der Waals surface area contributed by atoms with Gasteiger partial charge in [-0.1, -0.05) is 12.1 Å². The number of hydrogen-bond donors (Lipinski definition) is 2. The van der Waals surface area contributed by atoms with Gasteiger partial charge in [0, 0.05) is 25.2 Å². The van der Waals surface area contributed by atoms with Crippen molar-refractivity contribution >= 4 is 42.3 Å². The van der Waals surface area contributed by atoms with Crippen LogP contribution in [0.3, 0.4) is 0 Å². The number of halogens is 2. The second-order valence-electron chi connectivity index (χ2n) is 7.63. The van der Waals surface area contributed by atoms with Crippen LogP contribution in [0.4, 0.5) is 5.69 Å².